The molecule has 0 radical (unpaired) electrons. The quantitative estimate of drug-likeness (QED) is 0.738. The first-order chi connectivity index (χ1) is 9.02. The Bertz CT molecular complexity index is 407. The van der Waals surface area contributed by atoms with Gasteiger partial charge in [-0.3, -0.25) is 4.79 Å². The van der Waals surface area contributed by atoms with E-state index in [9.17, 15) is 4.79 Å². The van der Waals surface area contributed by atoms with Crippen LogP contribution in [0.5, 0.6) is 5.75 Å². The Hall–Kier alpha value is -1.59. The normalized spacial score (nSPS) is 12.4. The lowest BCUT2D eigenvalue weighted by atomic mass is 10.2. The summed E-state index contributed by atoms with van der Waals surface area (Å²) < 4.78 is 10.7. The highest BCUT2D eigenvalue weighted by atomic mass is 16.5. The van der Waals surface area contributed by atoms with Crippen molar-refractivity contribution in [2.75, 3.05) is 13.7 Å². The van der Waals surface area contributed by atoms with Crippen LogP contribution in [0.25, 0.3) is 0 Å². The minimum Gasteiger partial charge on any atom is -0.491 e. The first-order valence-electron chi connectivity index (χ1n) is 6.29. The SMILES string of the molecule is COCc1cccc(OCC(NC(C)C)C(N)=O)c1. The van der Waals surface area contributed by atoms with E-state index in [1.807, 2.05) is 38.1 Å². The molecule has 1 aromatic rings. The first-order valence-corrected chi connectivity index (χ1v) is 6.29. The molecule has 1 atom stereocenters. The molecule has 0 fully saturated rings. The van der Waals surface area contributed by atoms with E-state index in [-0.39, 0.29) is 12.6 Å². The van der Waals surface area contributed by atoms with E-state index >= 15 is 0 Å². The minimum atomic E-state index is -0.494. The van der Waals surface area contributed by atoms with Crippen LogP contribution >= 0.6 is 0 Å². The molecule has 0 aliphatic heterocycles. The number of methoxy groups -OCH3 is 1. The van der Waals surface area contributed by atoms with Crippen LogP contribution in [0.2, 0.25) is 0 Å². The van der Waals surface area contributed by atoms with Crippen molar-refractivity contribution in [1.82, 2.24) is 5.32 Å². The number of ether oxygens (including phenoxy) is 2. The molecule has 1 aromatic carbocycles. The third kappa shape index (κ3) is 5.72. The number of primary amides is 1. The zero-order valence-corrected chi connectivity index (χ0v) is 11.7. The molecule has 5 heteroatoms. The predicted octanol–water partition coefficient (Wildman–Crippen LogP) is 1.06. The maximum absolute atomic E-state index is 11.3. The molecule has 0 heterocycles. The second-order valence-electron chi connectivity index (χ2n) is 4.67. The van der Waals surface area contributed by atoms with E-state index in [0.717, 1.165) is 5.56 Å². The zero-order valence-electron chi connectivity index (χ0n) is 11.7. The van der Waals surface area contributed by atoms with Crippen molar-refractivity contribution >= 4 is 5.91 Å². The van der Waals surface area contributed by atoms with Gasteiger partial charge in [0.2, 0.25) is 5.91 Å². The van der Waals surface area contributed by atoms with Crippen LogP contribution in [0.15, 0.2) is 24.3 Å². The van der Waals surface area contributed by atoms with Crippen molar-refractivity contribution in [1.29, 1.82) is 0 Å². The van der Waals surface area contributed by atoms with Gasteiger partial charge in [0, 0.05) is 13.2 Å². The third-order valence-electron chi connectivity index (χ3n) is 2.50. The summed E-state index contributed by atoms with van der Waals surface area (Å²) in [5, 5.41) is 3.07. The highest BCUT2D eigenvalue weighted by Crippen LogP contribution is 2.14. The molecule has 5 nitrogen and oxygen atoms in total. The molecule has 19 heavy (non-hydrogen) atoms. The van der Waals surface area contributed by atoms with E-state index in [1.54, 1.807) is 7.11 Å². The Labute approximate surface area is 114 Å². The van der Waals surface area contributed by atoms with E-state index < -0.39 is 11.9 Å². The van der Waals surface area contributed by atoms with Gasteiger partial charge in [0.1, 0.15) is 18.4 Å². The number of hydrogen-bond acceptors (Lipinski definition) is 4. The lowest BCUT2D eigenvalue weighted by Crippen LogP contribution is -2.48. The van der Waals surface area contributed by atoms with E-state index in [0.29, 0.717) is 12.4 Å². The number of nitrogens with one attached hydrogen (secondary N) is 1. The van der Waals surface area contributed by atoms with Crippen LogP contribution in [0.4, 0.5) is 0 Å². The van der Waals surface area contributed by atoms with Crippen molar-refractivity contribution in [3.05, 3.63) is 29.8 Å². The molecule has 1 amide bonds. The first kappa shape index (κ1) is 15.5. The van der Waals surface area contributed by atoms with Gasteiger partial charge in [-0.15, -0.1) is 0 Å². The van der Waals surface area contributed by atoms with Gasteiger partial charge in [0.25, 0.3) is 0 Å². The second-order valence-corrected chi connectivity index (χ2v) is 4.67. The van der Waals surface area contributed by atoms with E-state index in [1.165, 1.54) is 0 Å². The summed E-state index contributed by atoms with van der Waals surface area (Å²) in [6.45, 7) is 4.65. The van der Waals surface area contributed by atoms with Crippen LogP contribution in [-0.2, 0) is 16.1 Å². The smallest absolute Gasteiger partial charge is 0.238 e. The van der Waals surface area contributed by atoms with Gasteiger partial charge in [0.05, 0.1) is 6.61 Å². The van der Waals surface area contributed by atoms with Crippen LogP contribution < -0.4 is 15.8 Å². The highest BCUT2D eigenvalue weighted by Gasteiger charge is 2.16. The summed E-state index contributed by atoms with van der Waals surface area (Å²) in [6.07, 6.45) is 0. The summed E-state index contributed by atoms with van der Waals surface area (Å²) in [6, 6.07) is 7.24. The third-order valence-corrected chi connectivity index (χ3v) is 2.50. The Balaban J connectivity index is 2.58. The largest absolute Gasteiger partial charge is 0.491 e. The van der Waals surface area contributed by atoms with E-state index in [4.69, 9.17) is 15.2 Å². The molecule has 0 spiro atoms. The Kier molecular flexibility index (Phi) is 6.32. The number of rotatable bonds is 8. The average molecular weight is 266 g/mol. The number of carbonyl (C=O) groups excluding carboxylic acids is 1. The molecule has 0 saturated heterocycles. The Morgan fingerprint density at radius 2 is 2.16 bits per heavy atom. The van der Waals surface area contributed by atoms with Crippen LogP contribution in [-0.4, -0.2) is 31.7 Å². The molecule has 0 aromatic heterocycles. The van der Waals surface area contributed by atoms with Crippen molar-refractivity contribution in [3.8, 4) is 5.75 Å². The van der Waals surface area contributed by atoms with Crippen LogP contribution in [0.1, 0.15) is 19.4 Å². The van der Waals surface area contributed by atoms with Crippen molar-refractivity contribution in [2.24, 2.45) is 5.73 Å². The monoisotopic (exact) mass is 266 g/mol. The fraction of sp³-hybridized carbons (Fsp3) is 0.500. The summed E-state index contributed by atoms with van der Waals surface area (Å²) in [5.74, 6) is 0.285. The van der Waals surface area contributed by atoms with Crippen LogP contribution in [0.3, 0.4) is 0 Å². The molecule has 106 valence electrons. The van der Waals surface area contributed by atoms with Gasteiger partial charge in [-0.1, -0.05) is 26.0 Å². The average Bonchev–Trinajstić information content (AvgIpc) is 2.34. The van der Waals surface area contributed by atoms with Crippen molar-refractivity contribution in [2.45, 2.75) is 32.5 Å². The number of nitrogens with two attached hydrogens (primary N) is 1. The van der Waals surface area contributed by atoms with Gasteiger partial charge in [0.15, 0.2) is 0 Å². The zero-order chi connectivity index (χ0) is 14.3. The summed E-state index contributed by atoms with van der Waals surface area (Å²) in [5.41, 5.74) is 6.35. The Morgan fingerprint density at radius 3 is 2.74 bits per heavy atom. The predicted molar refractivity (Wildman–Crippen MR) is 73.9 cm³/mol. The maximum Gasteiger partial charge on any atom is 0.238 e. The maximum atomic E-state index is 11.3. The van der Waals surface area contributed by atoms with Gasteiger partial charge in [-0.05, 0) is 17.7 Å². The molecular formula is C14H22N2O3. The molecule has 0 aliphatic rings. The molecule has 3 N–H and O–H groups in total. The van der Waals surface area contributed by atoms with Crippen LogP contribution in [0, 0.1) is 0 Å². The number of benzene rings is 1. The molecule has 0 saturated carbocycles. The lowest BCUT2D eigenvalue weighted by Gasteiger charge is -2.18. The molecule has 1 rings (SSSR count). The lowest BCUT2D eigenvalue weighted by molar-refractivity contribution is -0.120. The topological polar surface area (TPSA) is 73.6 Å². The van der Waals surface area contributed by atoms with Crippen molar-refractivity contribution < 1.29 is 14.3 Å². The number of hydrogen-bond donors (Lipinski definition) is 2. The van der Waals surface area contributed by atoms with Crippen molar-refractivity contribution in [3.63, 3.8) is 0 Å². The number of carbonyl (C=O) groups is 1. The molecule has 1 unspecified atom stereocenters. The van der Waals surface area contributed by atoms with Gasteiger partial charge < -0.3 is 20.5 Å². The standard InChI is InChI=1S/C14H22N2O3/c1-10(2)16-13(14(15)17)9-19-12-6-4-5-11(7-12)8-18-3/h4-7,10,13,16H,8-9H2,1-3H3,(H2,15,17). The van der Waals surface area contributed by atoms with Gasteiger partial charge in [-0.2, -0.15) is 0 Å². The summed E-state index contributed by atoms with van der Waals surface area (Å²) in [4.78, 5) is 11.3. The molecular weight excluding hydrogens is 244 g/mol. The van der Waals surface area contributed by atoms with E-state index in [2.05, 4.69) is 5.32 Å². The summed E-state index contributed by atoms with van der Waals surface area (Å²) in [7, 11) is 1.64. The van der Waals surface area contributed by atoms with Gasteiger partial charge >= 0.3 is 0 Å². The highest BCUT2D eigenvalue weighted by molar-refractivity contribution is 5.80. The minimum absolute atomic E-state index is 0.168. The number of amides is 1. The molecule has 0 bridgehead atoms. The second kappa shape index (κ2) is 7.76. The fourth-order valence-corrected chi connectivity index (χ4v) is 1.69. The Morgan fingerprint density at radius 1 is 1.42 bits per heavy atom. The van der Waals surface area contributed by atoms with Gasteiger partial charge in [-0.25, -0.2) is 0 Å². The summed E-state index contributed by atoms with van der Waals surface area (Å²) >= 11 is 0. The molecule has 0 aliphatic carbocycles. The fourth-order valence-electron chi connectivity index (χ4n) is 1.69.